The highest BCUT2D eigenvalue weighted by atomic mass is 32.1. The van der Waals surface area contributed by atoms with Crippen LogP contribution in [-0.4, -0.2) is 82.9 Å². The summed E-state index contributed by atoms with van der Waals surface area (Å²) in [5, 5.41) is 0. The van der Waals surface area contributed by atoms with Crippen LogP contribution in [0.1, 0.15) is 22.9 Å². The van der Waals surface area contributed by atoms with E-state index >= 15 is 0 Å². The number of rotatable bonds is 5. The molecule has 12 heteroatoms. The van der Waals surface area contributed by atoms with Crippen molar-refractivity contribution < 1.29 is 27.2 Å². The molecule has 1 aromatic carbocycles. The average molecular weight is 500 g/mol. The van der Waals surface area contributed by atoms with Crippen LogP contribution in [0.2, 0.25) is 0 Å². The lowest BCUT2D eigenvalue weighted by Crippen LogP contribution is -2.51. The van der Waals surface area contributed by atoms with E-state index in [1.807, 2.05) is 4.90 Å². The Hall–Kier alpha value is -2.73. The lowest BCUT2D eigenvalue weighted by Gasteiger charge is -2.34. The van der Waals surface area contributed by atoms with Gasteiger partial charge in [-0.15, -0.1) is 0 Å². The molecule has 0 spiro atoms. The number of fused-ring (bicyclic) bond motifs is 1. The Morgan fingerprint density at radius 1 is 1.09 bits per heavy atom. The number of H-pyrrole nitrogens is 1. The quantitative estimate of drug-likeness (QED) is 0.389. The Morgan fingerprint density at radius 3 is 2.29 bits per heavy atom. The van der Waals surface area contributed by atoms with Gasteiger partial charge in [-0.2, -0.15) is 0 Å². The van der Waals surface area contributed by atoms with E-state index < -0.39 is 34.8 Å². The number of carbonyl (C=O) groups is 2. The number of likely N-dealkylation sites (N-methyl/N-ethyl adjacent to an activating group) is 1. The van der Waals surface area contributed by atoms with Crippen LogP contribution in [0.4, 0.5) is 17.6 Å². The molecule has 0 aliphatic carbocycles. The number of benzene rings is 1. The number of aromatic nitrogens is 2. The van der Waals surface area contributed by atoms with Gasteiger partial charge in [0.05, 0.1) is 13.0 Å². The van der Waals surface area contributed by atoms with Gasteiger partial charge in [-0.25, -0.2) is 17.6 Å². The van der Waals surface area contributed by atoms with Gasteiger partial charge in [0.15, 0.2) is 28.0 Å². The highest BCUT2D eigenvalue weighted by Crippen LogP contribution is 2.36. The monoisotopic (exact) mass is 499 g/mol. The standard InChI is InChI=1S/C22H25F4N5O2S/c1-28(2)18(33)11-29-3-5-30(6-4-29)17(32)9-15-16-7-12(10-31(16)22(34)27-15)19-20(25)13(23)8-14(24)21(19)26/h8,12H,3-7,9-11H2,1-2H3,(H,27,34). The predicted molar refractivity (Wildman–Crippen MR) is 118 cm³/mol. The third kappa shape index (κ3) is 4.61. The van der Waals surface area contributed by atoms with Crippen molar-refractivity contribution >= 4 is 24.0 Å². The van der Waals surface area contributed by atoms with E-state index in [4.69, 9.17) is 12.2 Å². The number of hydrogen-bond donors (Lipinski definition) is 1. The summed E-state index contributed by atoms with van der Waals surface area (Å²) < 4.78 is 58.0. The molecule has 1 N–H and O–H groups in total. The number of amides is 2. The minimum absolute atomic E-state index is 0.00247. The molecule has 0 bridgehead atoms. The summed E-state index contributed by atoms with van der Waals surface area (Å²) in [5.74, 6) is -6.70. The van der Waals surface area contributed by atoms with Crippen LogP contribution < -0.4 is 0 Å². The molecule has 7 nitrogen and oxygen atoms in total. The van der Waals surface area contributed by atoms with Crippen molar-refractivity contribution in [3.8, 4) is 0 Å². The zero-order chi connectivity index (χ0) is 24.7. The Kier molecular flexibility index (Phi) is 6.81. The van der Waals surface area contributed by atoms with E-state index in [1.165, 1.54) is 4.90 Å². The van der Waals surface area contributed by atoms with Crippen molar-refractivity contribution in [2.24, 2.45) is 0 Å². The highest BCUT2D eigenvalue weighted by Gasteiger charge is 2.34. The molecule has 0 radical (unpaired) electrons. The van der Waals surface area contributed by atoms with Crippen LogP contribution in [-0.2, 0) is 29.0 Å². The Bertz CT molecular complexity index is 1160. The SMILES string of the molecule is CN(C)C(=O)CN1CCN(C(=O)Cc2[nH]c(=S)n3c2CC(c2c(F)c(F)cc(F)c2F)C3)CC1. The maximum atomic E-state index is 14.3. The molecule has 2 aliphatic rings. The van der Waals surface area contributed by atoms with Crippen molar-refractivity contribution in [3.05, 3.63) is 51.1 Å². The van der Waals surface area contributed by atoms with Gasteiger partial charge in [0.2, 0.25) is 11.8 Å². The Balaban J connectivity index is 1.44. The molecular weight excluding hydrogens is 474 g/mol. The summed E-state index contributed by atoms with van der Waals surface area (Å²) >= 11 is 5.31. The number of hydrogen-bond acceptors (Lipinski definition) is 4. The van der Waals surface area contributed by atoms with Crippen LogP contribution in [0.15, 0.2) is 6.07 Å². The Labute approximate surface area is 198 Å². The topological polar surface area (TPSA) is 64.6 Å². The fourth-order valence-corrected chi connectivity index (χ4v) is 4.85. The molecule has 2 aromatic rings. The van der Waals surface area contributed by atoms with Crippen molar-refractivity contribution in [2.75, 3.05) is 46.8 Å². The smallest absolute Gasteiger partial charge is 0.236 e. The van der Waals surface area contributed by atoms with E-state index in [-0.39, 0.29) is 42.0 Å². The summed E-state index contributed by atoms with van der Waals surface area (Å²) in [6.45, 7) is 2.43. The van der Waals surface area contributed by atoms with Gasteiger partial charge in [0.1, 0.15) is 0 Å². The van der Waals surface area contributed by atoms with Crippen molar-refractivity contribution in [1.82, 2.24) is 24.3 Å². The lowest BCUT2D eigenvalue weighted by molar-refractivity contribution is -0.133. The molecule has 184 valence electrons. The first-order valence-corrected chi connectivity index (χ1v) is 11.3. The van der Waals surface area contributed by atoms with Gasteiger partial charge < -0.3 is 19.4 Å². The average Bonchev–Trinajstić information content (AvgIpc) is 3.34. The van der Waals surface area contributed by atoms with Crippen molar-refractivity contribution in [3.63, 3.8) is 0 Å². The summed E-state index contributed by atoms with van der Waals surface area (Å²) in [7, 11) is 3.39. The first-order chi connectivity index (χ1) is 16.1. The number of piperazine rings is 1. The van der Waals surface area contributed by atoms with E-state index in [0.29, 0.717) is 44.1 Å². The summed E-state index contributed by atoms with van der Waals surface area (Å²) in [6, 6.07) is 0.190. The maximum absolute atomic E-state index is 14.3. The summed E-state index contributed by atoms with van der Waals surface area (Å²) in [5.41, 5.74) is 0.485. The number of nitrogens with zero attached hydrogens (tertiary/aromatic N) is 4. The first kappa shape index (κ1) is 24.4. The van der Waals surface area contributed by atoms with Gasteiger partial charge in [0.25, 0.3) is 0 Å². The zero-order valence-corrected chi connectivity index (χ0v) is 19.7. The van der Waals surface area contributed by atoms with Crippen LogP contribution in [0, 0.1) is 28.0 Å². The van der Waals surface area contributed by atoms with Crippen LogP contribution in [0.5, 0.6) is 0 Å². The minimum atomic E-state index is -1.45. The van der Waals surface area contributed by atoms with Crippen molar-refractivity contribution in [2.45, 2.75) is 25.3 Å². The van der Waals surface area contributed by atoms with Crippen LogP contribution in [0.3, 0.4) is 0 Å². The molecule has 1 fully saturated rings. The first-order valence-electron chi connectivity index (χ1n) is 10.9. The fraction of sp³-hybridized carbons (Fsp3) is 0.500. The van der Waals surface area contributed by atoms with Gasteiger partial charge in [-0.05, 0) is 18.6 Å². The second-order valence-electron chi connectivity index (χ2n) is 8.87. The normalized spacial score (nSPS) is 18.3. The third-order valence-electron chi connectivity index (χ3n) is 6.48. The van der Waals surface area contributed by atoms with Crippen LogP contribution in [0.25, 0.3) is 0 Å². The summed E-state index contributed by atoms with van der Waals surface area (Å²) in [6.07, 6.45) is 0.102. The second kappa shape index (κ2) is 9.49. The lowest BCUT2D eigenvalue weighted by atomic mass is 9.94. The third-order valence-corrected chi connectivity index (χ3v) is 6.81. The van der Waals surface area contributed by atoms with Crippen molar-refractivity contribution in [1.29, 1.82) is 0 Å². The predicted octanol–water partition coefficient (Wildman–Crippen LogP) is 2.22. The molecule has 1 aromatic heterocycles. The second-order valence-corrected chi connectivity index (χ2v) is 9.26. The molecule has 1 atom stereocenters. The van der Waals surface area contributed by atoms with E-state index in [2.05, 4.69) is 4.98 Å². The molecule has 3 heterocycles. The van der Waals surface area contributed by atoms with Crippen LogP contribution >= 0.6 is 12.2 Å². The zero-order valence-electron chi connectivity index (χ0n) is 18.8. The molecule has 2 amide bonds. The maximum Gasteiger partial charge on any atom is 0.236 e. The molecule has 4 rings (SSSR count). The van der Waals surface area contributed by atoms with E-state index in [1.54, 1.807) is 23.6 Å². The van der Waals surface area contributed by atoms with Gasteiger partial charge >= 0.3 is 0 Å². The number of aromatic amines is 1. The van der Waals surface area contributed by atoms with E-state index in [9.17, 15) is 27.2 Å². The molecular formula is C22H25F4N5O2S. The molecule has 2 aliphatic heterocycles. The van der Waals surface area contributed by atoms with Gasteiger partial charge in [0, 0.05) is 75.8 Å². The minimum Gasteiger partial charge on any atom is -0.348 e. The van der Waals surface area contributed by atoms with E-state index in [0.717, 1.165) is 0 Å². The number of halogens is 4. The molecule has 0 saturated carbocycles. The van der Waals surface area contributed by atoms with Gasteiger partial charge in [-0.1, -0.05) is 0 Å². The molecule has 34 heavy (non-hydrogen) atoms. The highest BCUT2D eigenvalue weighted by molar-refractivity contribution is 7.71. The van der Waals surface area contributed by atoms with Gasteiger partial charge in [-0.3, -0.25) is 14.5 Å². The number of nitrogens with one attached hydrogen (secondary N) is 1. The fourth-order valence-electron chi connectivity index (χ4n) is 4.54. The summed E-state index contributed by atoms with van der Waals surface area (Å²) in [4.78, 5) is 33.0. The molecule has 1 saturated heterocycles. The number of imidazole rings is 1. The largest absolute Gasteiger partial charge is 0.348 e. The Morgan fingerprint density at radius 2 is 1.71 bits per heavy atom. The number of carbonyl (C=O) groups excluding carboxylic acids is 2. The molecule has 1 unspecified atom stereocenters.